The SMILES string of the molecule is Cc1c(C(=O)OC2CCCCC2)sc2nc(-c3cccs3)c(C=O)n12. The highest BCUT2D eigenvalue weighted by Crippen LogP contribution is 2.33. The van der Waals surface area contributed by atoms with Crippen LogP contribution in [0.1, 0.15) is 58.0 Å². The average molecular weight is 374 g/mol. The van der Waals surface area contributed by atoms with Gasteiger partial charge in [-0.1, -0.05) is 23.8 Å². The number of carbonyl (C=O) groups excluding carboxylic acids is 2. The van der Waals surface area contributed by atoms with Crippen LogP contribution in [-0.2, 0) is 4.74 Å². The van der Waals surface area contributed by atoms with Gasteiger partial charge in [0.05, 0.1) is 4.88 Å². The molecule has 0 radical (unpaired) electrons. The Balaban J connectivity index is 1.69. The number of rotatable bonds is 4. The van der Waals surface area contributed by atoms with Crippen LogP contribution >= 0.6 is 22.7 Å². The zero-order valence-corrected chi connectivity index (χ0v) is 15.5. The van der Waals surface area contributed by atoms with Crippen molar-refractivity contribution in [2.75, 3.05) is 0 Å². The summed E-state index contributed by atoms with van der Waals surface area (Å²) in [4.78, 5) is 31.0. The summed E-state index contributed by atoms with van der Waals surface area (Å²) in [7, 11) is 0. The third-order valence-electron chi connectivity index (χ3n) is 4.62. The maximum Gasteiger partial charge on any atom is 0.350 e. The molecule has 4 rings (SSSR count). The molecule has 0 atom stereocenters. The number of thiazole rings is 1. The van der Waals surface area contributed by atoms with E-state index in [-0.39, 0.29) is 12.1 Å². The monoisotopic (exact) mass is 374 g/mol. The molecule has 1 aliphatic rings. The molecule has 25 heavy (non-hydrogen) atoms. The summed E-state index contributed by atoms with van der Waals surface area (Å²) in [6.07, 6.45) is 6.15. The van der Waals surface area contributed by atoms with Crippen LogP contribution in [0.5, 0.6) is 0 Å². The highest BCUT2D eigenvalue weighted by Gasteiger charge is 2.26. The lowest BCUT2D eigenvalue weighted by Crippen LogP contribution is -2.20. The first-order chi connectivity index (χ1) is 12.2. The van der Waals surface area contributed by atoms with Crippen LogP contribution in [0, 0.1) is 6.92 Å². The lowest BCUT2D eigenvalue weighted by molar-refractivity contribution is 0.0215. The van der Waals surface area contributed by atoms with Gasteiger partial charge >= 0.3 is 5.97 Å². The van der Waals surface area contributed by atoms with Gasteiger partial charge in [-0.25, -0.2) is 9.78 Å². The van der Waals surface area contributed by atoms with Crippen molar-refractivity contribution in [1.29, 1.82) is 0 Å². The molecule has 0 saturated heterocycles. The predicted octanol–water partition coefficient (Wildman–Crippen LogP) is 4.73. The average Bonchev–Trinajstić information content (AvgIpc) is 3.32. The van der Waals surface area contributed by atoms with E-state index in [2.05, 4.69) is 4.98 Å². The van der Waals surface area contributed by atoms with Crippen molar-refractivity contribution in [2.45, 2.75) is 45.1 Å². The van der Waals surface area contributed by atoms with E-state index in [1.807, 2.05) is 24.4 Å². The number of hydrogen-bond acceptors (Lipinski definition) is 6. The van der Waals surface area contributed by atoms with Crippen molar-refractivity contribution in [2.24, 2.45) is 0 Å². The summed E-state index contributed by atoms with van der Waals surface area (Å²) >= 11 is 2.83. The molecule has 5 nitrogen and oxygen atoms in total. The van der Waals surface area contributed by atoms with Crippen molar-refractivity contribution in [3.63, 3.8) is 0 Å². The number of carbonyl (C=O) groups is 2. The molecule has 0 unspecified atom stereocenters. The van der Waals surface area contributed by atoms with Crippen molar-refractivity contribution >= 4 is 39.9 Å². The minimum atomic E-state index is -0.297. The Morgan fingerprint density at radius 1 is 1.36 bits per heavy atom. The fourth-order valence-corrected chi connectivity index (χ4v) is 5.09. The number of esters is 1. The molecule has 7 heteroatoms. The Morgan fingerprint density at radius 3 is 2.84 bits per heavy atom. The molecule has 3 heterocycles. The standard InChI is InChI=1S/C18H18N2O3S2/c1-11-16(17(22)23-12-6-3-2-4-7-12)25-18-19-15(13(10-21)20(11)18)14-8-5-9-24-14/h5,8-10,12H,2-4,6-7H2,1H3. The van der Waals surface area contributed by atoms with Gasteiger partial charge in [0.25, 0.3) is 0 Å². The van der Waals surface area contributed by atoms with Gasteiger partial charge in [-0.15, -0.1) is 11.3 Å². The quantitative estimate of drug-likeness (QED) is 0.489. The summed E-state index contributed by atoms with van der Waals surface area (Å²) in [5, 5.41) is 1.96. The third-order valence-corrected chi connectivity index (χ3v) is 6.62. The molecule has 1 aliphatic carbocycles. The van der Waals surface area contributed by atoms with Crippen LogP contribution in [0.4, 0.5) is 0 Å². The smallest absolute Gasteiger partial charge is 0.350 e. The number of ether oxygens (including phenoxy) is 1. The normalized spacial score (nSPS) is 15.6. The maximum absolute atomic E-state index is 12.6. The lowest BCUT2D eigenvalue weighted by Gasteiger charge is -2.21. The number of thiophene rings is 1. The van der Waals surface area contributed by atoms with Gasteiger partial charge in [-0.05, 0) is 44.1 Å². The topological polar surface area (TPSA) is 60.7 Å². The van der Waals surface area contributed by atoms with Crippen LogP contribution in [0.25, 0.3) is 15.5 Å². The second-order valence-corrected chi connectivity index (χ2v) is 8.17. The van der Waals surface area contributed by atoms with E-state index in [1.54, 1.807) is 15.7 Å². The minimum Gasteiger partial charge on any atom is -0.458 e. The van der Waals surface area contributed by atoms with Gasteiger partial charge in [0.1, 0.15) is 22.4 Å². The number of hydrogen-bond donors (Lipinski definition) is 0. The Hall–Kier alpha value is -1.99. The predicted molar refractivity (Wildman–Crippen MR) is 98.8 cm³/mol. The van der Waals surface area contributed by atoms with E-state index >= 15 is 0 Å². The molecule has 1 saturated carbocycles. The molecule has 0 bridgehead atoms. The Morgan fingerprint density at radius 2 is 2.16 bits per heavy atom. The fourth-order valence-electron chi connectivity index (χ4n) is 3.35. The number of fused-ring (bicyclic) bond motifs is 1. The van der Waals surface area contributed by atoms with Gasteiger partial charge in [-0.2, -0.15) is 0 Å². The summed E-state index contributed by atoms with van der Waals surface area (Å²) in [6.45, 7) is 1.84. The van der Waals surface area contributed by atoms with Crippen LogP contribution in [0.2, 0.25) is 0 Å². The first-order valence-corrected chi connectivity index (χ1v) is 10.1. The van der Waals surface area contributed by atoms with Crippen LogP contribution in [-0.4, -0.2) is 27.7 Å². The second kappa shape index (κ2) is 6.72. The zero-order chi connectivity index (χ0) is 17.4. The van der Waals surface area contributed by atoms with Crippen molar-refractivity contribution < 1.29 is 14.3 Å². The van der Waals surface area contributed by atoms with E-state index < -0.39 is 0 Å². The highest BCUT2D eigenvalue weighted by atomic mass is 32.1. The van der Waals surface area contributed by atoms with E-state index in [0.717, 1.165) is 42.5 Å². The minimum absolute atomic E-state index is 0.0160. The first-order valence-electron chi connectivity index (χ1n) is 8.41. The Labute approximate surface area is 153 Å². The molecule has 0 aromatic carbocycles. The largest absolute Gasteiger partial charge is 0.458 e. The molecule has 1 fully saturated rings. The summed E-state index contributed by atoms with van der Waals surface area (Å²) in [6, 6.07) is 3.87. The van der Waals surface area contributed by atoms with Crippen LogP contribution in [0.3, 0.4) is 0 Å². The zero-order valence-electron chi connectivity index (χ0n) is 13.9. The number of imidazole rings is 1. The Bertz CT molecular complexity index is 918. The van der Waals surface area contributed by atoms with Gasteiger partial charge in [0.2, 0.25) is 0 Å². The molecule has 0 amide bonds. The molecule has 3 aromatic rings. The van der Waals surface area contributed by atoms with Gasteiger partial charge < -0.3 is 4.74 Å². The van der Waals surface area contributed by atoms with E-state index in [1.165, 1.54) is 17.8 Å². The van der Waals surface area contributed by atoms with Crippen molar-refractivity contribution in [1.82, 2.24) is 9.38 Å². The molecule has 0 spiro atoms. The van der Waals surface area contributed by atoms with Gasteiger partial charge in [0.15, 0.2) is 11.2 Å². The summed E-state index contributed by atoms with van der Waals surface area (Å²) in [5.41, 5.74) is 1.88. The van der Waals surface area contributed by atoms with Crippen LogP contribution < -0.4 is 0 Å². The fraction of sp³-hybridized carbons (Fsp3) is 0.389. The number of nitrogens with zero attached hydrogens (tertiary/aromatic N) is 2. The summed E-state index contributed by atoms with van der Waals surface area (Å²) < 4.78 is 7.45. The molecule has 130 valence electrons. The van der Waals surface area contributed by atoms with Gasteiger partial charge in [-0.3, -0.25) is 9.20 Å². The molecule has 0 N–H and O–H groups in total. The highest BCUT2D eigenvalue weighted by molar-refractivity contribution is 7.19. The number of aromatic nitrogens is 2. The van der Waals surface area contributed by atoms with Crippen molar-refractivity contribution in [3.8, 4) is 10.6 Å². The van der Waals surface area contributed by atoms with Crippen molar-refractivity contribution in [3.05, 3.63) is 33.8 Å². The number of aryl methyl sites for hydroxylation is 1. The Kier molecular flexibility index (Phi) is 4.43. The van der Waals surface area contributed by atoms with Gasteiger partial charge in [0, 0.05) is 5.69 Å². The maximum atomic E-state index is 12.6. The lowest BCUT2D eigenvalue weighted by atomic mass is 9.98. The van der Waals surface area contributed by atoms with E-state index in [9.17, 15) is 9.59 Å². The second-order valence-electron chi connectivity index (χ2n) is 6.24. The molecule has 3 aromatic heterocycles. The molecule has 0 aliphatic heterocycles. The third kappa shape index (κ3) is 2.91. The molecular weight excluding hydrogens is 356 g/mol. The number of aldehydes is 1. The molecular formula is C18H18N2O3S2. The van der Waals surface area contributed by atoms with E-state index in [0.29, 0.717) is 21.2 Å². The van der Waals surface area contributed by atoms with E-state index in [4.69, 9.17) is 4.74 Å². The first kappa shape index (κ1) is 16.5. The summed E-state index contributed by atoms with van der Waals surface area (Å²) in [5.74, 6) is -0.297. The van der Waals surface area contributed by atoms with Crippen LogP contribution in [0.15, 0.2) is 17.5 Å².